The van der Waals surface area contributed by atoms with Crippen LogP contribution in [0.2, 0.25) is 0 Å². The molecule has 7 heteroatoms. The lowest BCUT2D eigenvalue weighted by atomic mass is 9.91. The van der Waals surface area contributed by atoms with Crippen molar-refractivity contribution in [2.45, 2.75) is 51.4 Å². The van der Waals surface area contributed by atoms with Gasteiger partial charge in [-0.25, -0.2) is 4.98 Å². The minimum absolute atomic E-state index is 0.155. The van der Waals surface area contributed by atoms with E-state index < -0.39 is 0 Å². The third-order valence-corrected chi connectivity index (χ3v) is 4.81. The molecule has 0 bridgehead atoms. The second-order valence-corrected chi connectivity index (χ2v) is 7.09. The molecule has 3 heterocycles. The Bertz CT molecular complexity index is 743. The Morgan fingerprint density at radius 2 is 2.27 bits per heavy atom. The largest absolute Gasteiger partial charge is 0.425 e. The molecule has 1 amide bonds. The van der Waals surface area contributed by atoms with Crippen LogP contribution in [0.4, 0.5) is 5.82 Å². The molecule has 26 heavy (non-hydrogen) atoms. The van der Waals surface area contributed by atoms with E-state index in [0.29, 0.717) is 30.5 Å². The van der Waals surface area contributed by atoms with Gasteiger partial charge in [-0.2, -0.15) is 0 Å². The zero-order chi connectivity index (χ0) is 18.5. The van der Waals surface area contributed by atoms with Crippen molar-refractivity contribution in [3.8, 4) is 0 Å². The molecular formula is C19H27N5O2. The van der Waals surface area contributed by atoms with E-state index in [-0.39, 0.29) is 11.8 Å². The van der Waals surface area contributed by atoms with Crippen molar-refractivity contribution in [3.05, 3.63) is 35.7 Å². The maximum Gasteiger partial charge on any atom is 0.223 e. The van der Waals surface area contributed by atoms with Gasteiger partial charge in [0.25, 0.3) is 0 Å². The second-order valence-electron chi connectivity index (χ2n) is 7.09. The van der Waals surface area contributed by atoms with Crippen LogP contribution in [0.25, 0.3) is 0 Å². The minimum Gasteiger partial charge on any atom is -0.425 e. The van der Waals surface area contributed by atoms with Gasteiger partial charge in [0, 0.05) is 51.0 Å². The minimum atomic E-state index is 0.155. The van der Waals surface area contributed by atoms with Gasteiger partial charge in [0.05, 0.1) is 0 Å². The van der Waals surface area contributed by atoms with Crippen LogP contribution in [-0.4, -0.2) is 46.1 Å². The van der Waals surface area contributed by atoms with Gasteiger partial charge < -0.3 is 14.6 Å². The first kappa shape index (κ1) is 18.4. The third-order valence-electron chi connectivity index (χ3n) is 4.81. The molecule has 1 atom stereocenters. The molecule has 1 fully saturated rings. The summed E-state index contributed by atoms with van der Waals surface area (Å²) in [5.74, 6) is 2.76. The molecule has 0 unspecified atom stereocenters. The number of carbonyl (C=O) groups is 1. The van der Waals surface area contributed by atoms with Gasteiger partial charge in [0.15, 0.2) is 0 Å². The van der Waals surface area contributed by atoms with Gasteiger partial charge in [-0.3, -0.25) is 4.79 Å². The first-order valence-corrected chi connectivity index (χ1v) is 9.30. The number of anilines is 1. The van der Waals surface area contributed by atoms with Crippen molar-refractivity contribution in [2.24, 2.45) is 0 Å². The van der Waals surface area contributed by atoms with Gasteiger partial charge in [-0.15, -0.1) is 10.2 Å². The molecule has 140 valence electrons. The van der Waals surface area contributed by atoms with Gasteiger partial charge in [0.1, 0.15) is 5.82 Å². The standard InChI is InChI=1S/C19H27N5O2/c1-13(2)19-23-22-17(26-19)6-7-18(25)24-10-4-5-15(12-24)14-8-9-21-16(11-14)20-3/h8-9,11,13,15H,4-7,10,12H2,1-3H3,(H,20,21)/t15-/m0/s1. The van der Waals surface area contributed by atoms with Gasteiger partial charge in [-0.1, -0.05) is 13.8 Å². The summed E-state index contributed by atoms with van der Waals surface area (Å²) in [5.41, 5.74) is 1.24. The van der Waals surface area contributed by atoms with Crippen LogP contribution in [0, 0.1) is 0 Å². The molecule has 1 aliphatic rings. The topological polar surface area (TPSA) is 84.2 Å². The van der Waals surface area contributed by atoms with E-state index in [9.17, 15) is 4.79 Å². The highest BCUT2D eigenvalue weighted by Gasteiger charge is 2.25. The Balaban J connectivity index is 1.57. The van der Waals surface area contributed by atoms with Crippen molar-refractivity contribution in [1.29, 1.82) is 0 Å². The molecule has 7 nitrogen and oxygen atoms in total. The van der Waals surface area contributed by atoms with Crippen LogP contribution >= 0.6 is 0 Å². The lowest BCUT2D eigenvalue weighted by molar-refractivity contribution is -0.132. The molecule has 0 spiro atoms. The number of carbonyl (C=O) groups excluding carboxylic acids is 1. The van der Waals surface area contributed by atoms with Gasteiger partial charge >= 0.3 is 0 Å². The number of pyridine rings is 1. The fourth-order valence-corrected chi connectivity index (χ4v) is 3.29. The number of amides is 1. The van der Waals surface area contributed by atoms with Crippen molar-refractivity contribution < 1.29 is 9.21 Å². The number of hydrogen-bond donors (Lipinski definition) is 1. The Morgan fingerprint density at radius 1 is 1.42 bits per heavy atom. The van der Waals surface area contributed by atoms with E-state index >= 15 is 0 Å². The number of piperidine rings is 1. The molecule has 1 saturated heterocycles. The van der Waals surface area contributed by atoms with Crippen molar-refractivity contribution >= 4 is 11.7 Å². The first-order valence-electron chi connectivity index (χ1n) is 9.30. The third kappa shape index (κ3) is 4.39. The van der Waals surface area contributed by atoms with E-state index in [1.54, 1.807) is 0 Å². The highest BCUT2D eigenvalue weighted by atomic mass is 16.4. The number of aromatic nitrogens is 3. The van der Waals surface area contributed by atoms with Crippen molar-refractivity contribution in [2.75, 3.05) is 25.5 Å². The monoisotopic (exact) mass is 357 g/mol. The Labute approximate surface area is 154 Å². The normalized spacial score (nSPS) is 17.5. The maximum absolute atomic E-state index is 12.6. The van der Waals surface area contributed by atoms with Crippen LogP contribution in [0.3, 0.4) is 0 Å². The molecule has 1 aliphatic heterocycles. The number of rotatable bonds is 6. The molecule has 0 saturated carbocycles. The molecule has 0 aromatic carbocycles. The number of nitrogens with zero attached hydrogens (tertiary/aromatic N) is 4. The zero-order valence-electron chi connectivity index (χ0n) is 15.7. The lowest BCUT2D eigenvalue weighted by Crippen LogP contribution is -2.39. The molecule has 0 aliphatic carbocycles. The fourth-order valence-electron chi connectivity index (χ4n) is 3.29. The summed E-state index contributed by atoms with van der Waals surface area (Å²) in [4.78, 5) is 18.9. The van der Waals surface area contributed by atoms with Crippen LogP contribution in [-0.2, 0) is 11.2 Å². The predicted molar refractivity (Wildman–Crippen MR) is 99.0 cm³/mol. The molecule has 2 aromatic heterocycles. The number of hydrogen-bond acceptors (Lipinski definition) is 6. The molecule has 2 aromatic rings. The molecule has 1 N–H and O–H groups in total. The second kappa shape index (κ2) is 8.29. The summed E-state index contributed by atoms with van der Waals surface area (Å²) in [6.07, 6.45) is 4.84. The summed E-state index contributed by atoms with van der Waals surface area (Å²) < 4.78 is 5.59. The summed E-state index contributed by atoms with van der Waals surface area (Å²) in [6, 6.07) is 4.12. The summed E-state index contributed by atoms with van der Waals surface area (Å²) in [7, 11) is 1.87. The average Bonchev–Trinajstić information content (AvgIpc) is 3.15. The van der Waals surface area contributed by atoms with Crippen LogP contribution in [0.5, 0.6) is 0 Å². The van der Waals surface area contributed by atoms with E-state index in [4.69, 9.17) is 4.42 Å². The van der Waals surface area contributed by atoms with E-state index in [2.05, 4.69) is 26.6 Å². The summed E-state index contributed by atoms with van der Waals surface area (Å²) >= 11 is 0. The van der Waals surface area contributed by atoms with Crippen molar-refractivity contribution in [1.82, 2.24) is 20.1 Å². The highest BCUT2D eigenvalue weighted by Crippen LogP contribution is 2.28. The predicted octanol–water partition coefficient (Wildman–Crippen LogP) is 2.97. The Hall–Kier alpha value is -2.44. The molecule has 3 rings (SSSR count). The van der Waals surface area contributed by atoms with Crippen molar-refractivity contribution in [3.63, 3.8) is 0 Å². The Morgan fingerprint density at radius 3 is 3.00 bits per heavy atom. The maximum atomic E-state index is 12.6. The average molecular weight is 357 g/mol. The SMILES string of the molecule is CNc1cc([C@H]2CCCN(C(=O)CCc3nnc(C(C)C)o3)C2)ccn1. The van der Waals surface area contributed by atoms with E-state index in [0.717, 1.165) is 31.7 Å². The molecular weight excluding hydrogens is 330 g/mol. The van der Waals surface area contributed by atoms with E-state index in [1.807, 2.05) is 38.1 Å². The number of likely N-dealkylation sites (tertiary alicyclic amines) is 1. The van der Waals surface area contributed by atoms with Gasteiger partial charge in [0.2, 0.25) is 17.7 Å². The van der Waals surface area contributed by atoms with Gasteiger partial charge in [-0.05, 0) is 30.5 Å². The molecule has 0 radical (unpaired) electrons. The number of aryl methyl sites for hydroxylation is 1. The van der Waals surface area contributed by atoms with Crippen LogP contribution < -0.4 is 5.32 Å². The summed E-state index contributed by atoms with van der Waals surface area (Å²) in [5, 5.41) is 11.1. The van der Waals surface area contributed by atoms with E-state index in [1.165, 1.54) is 5.56 Å². The highest BCUT2D eigenvalue weighted by molar-refractivity contribution is 5.76. The Kier molecular flexibility index (Phi) is 5.85. The summed E-state index contributed by atoms with van der Waals surface area (Å²) in [6.45, 7) is 5.59. The first-order chi connectivity index (χ1) is 12.6. The smallest absolute Gasteiger partial charge is 0.223 e. The quantitative estimate of drug-likeness (QED) is 0.856. The van der Waals surface area contributed by atoms with Crippen LogP contribution in [0.15, 0.2) is 22.7 Å². The number of nitrogens with one attached hydrogen (secondary N) is 1. The fraction of sp³-hybridized carbons (Fsp3) is 0.579. The van der Waals surface area contributed by atoms with Crippen LogP contribution in [0.1, 0.15) is 62.3 Å². The lowest BCUT2D eigenvalue weighted by Gasteiger charge is -2.33. The zero-order valence-corrected chi connectivity index (χ0v) is 15.7.